The molecule has 0 aliphatic heterocycles. The van der Waals surface area contributed by atoms with Gasteiger partial charge in [0.25, 0.3) is 0 Å². The number of aliphatic carboxylic acids is 1. The van der Waals surface area contributed by atoms with E-state index in [-0.39, 0.29) is 6.42 Å². The molecule has 0 amide bonds. The molecule has 4 aromatic rings. The van der Waals surface area contributed by atoms with Gasteiger partial charge in [0.2, 0.25) is 0 Å². The second kappa shape index (κ2) is 12.4. The van der Waals surface area contributed by atoms with Crippen LogP contribution in [0.4, 0.5) is 13.2 Å². The van der Waals surface area contributed by atoms with Crippen LogP contribution in [-0.2, 0) is 27.3 Å². The standard InChI is InChI=1S/C28H26F3N3O5/c1-37-33-25(20-5-3-2-4-6-20)23-12-9-21-13-14-34(26(21)32-23)15-16-38-22-10-7-19(8-11-22)17-24(27(35)36)39-18-28(29,30)31/h2-14,24H,15-18H2,1H3,(H,35,36)/b33-25+/t24-/m0/s1. The molecule has 2 heterocycles. The van der Waals surface area contributed by atoms with Gasteiger partial charge >= 0.3 is 12.1 Å². The van der Waals surface area contributed by atoms with Gasteiger partial charge in [-0.2, -0.15) is 13.2 Å². The first-order valence-corrected chi connectivity index (χ1v) is 12.0. The van der Waals surface area contributed by atoms with Gasteiger partial charge in [-0.3, -0.25) is 0 Å². The van der Waals surface area contributed by atoms with Gasteiger partial charge in [0.05, 0.1) is 12.2 Å². The second-order valence-electron chi connectivity index (χ2n) is 8.56. The van der Waals surface area contributed by atoms with Gasteiger partial charge in [-0.15, -0.1) is 0 Å². The summed E-state index contributed by atoms with van der Waals surface area (Å²) < 4.78 is 49.5. The third-order valence-corrected chi connectivity index (χ3v) is 5.75. The molecule has 8 nitrogen and oxygen atoms in total. The highest BCUT2D eigenvalue weighted by Crippen LogP contribution is 2.20. The zero-order valence-electron chi connectivity index (χ0n) is 21.0. The molecule has 0 unspecified atom stereocenters. The molecule has 11 heteroatoms. The molecule has 39 heavy (non-hydrogen) atoms. The zero-order chi connectivity index (χ0) is 27.8. The normalized spacial score (nSPS) is 12.9. The lowest BCUT2D eigenvalue weighted by Crippen LogP contribution is -2.31. The van der Waals surface area contributed by atoms with E-state index in [4.69, 9.17) is 19.7 Å². The molecular formula is C28H26F3N3O5. The van der Waals surface area contributed by atoms with Gasteiger partial charge in [-0.1, -0.05) is 47.6 Å². The van der Waals surface area contributed by atoms with Crippen LogP contribution >= 0.6 is 0 Å². The topological polar surface area (TPSA) is 95.2 Å². The largest absolute Gasteiger partial charge is 0.492 e. The molecule has 204 valence electrons. The number of hydrogen-bond donors (Lipinski definition) is 1. The van der Waals surface area contributed by atoms with Crippen LogP contribution in [0, 0.1) is 0 Å². The Morgan fingerprint density at radius 3 is 2.46 bits per heavy atom. The molecule has 0 aliphatic carbocycles. The summed E-state index contributed by atoms with van der Waals surface area (Å²) in [5, 5.41) is 14.3. The van der Waals surface area contributed by atoms with Crippen molar-refractivity contribution in [3.8, 4) is 5.75 Å². The second-order valence-corrected chi connectivity index (χ2v) is 8.56. The molecule has 0 spiro atoms. The van der Waals surface area contributed by atoms with Crippen molar-refractivity contribution in [1.82, 2.24) is 9.55 Å². The average molecular weight is 542 g/mol. The minimum atomic E-state index is -4.60. The number of carboxylic acid groups (broad SMARTS) is 1. The van der Waals surface area contributed by atoms with Gasteiger partial charge in [0, 0.05) is 23.6 Å². The molecule has 0 fully saturated rings. The Bertz CT molecular complexity index is 1420. The maximum atomic E-state index is 12.4. The quantitative estimate of drug-likeness (QED) is 0.198. The van der Waals surface area contributed by atoms with Crippen molar-refractivity contribution >= 4 is 22.7 Å². The number of alkyl halides is 3. The van der Waals surface area contributed by atoms with E-state index in [1.54, 1.807) is 24.3 Å². The number of fused-ring (bicyclic) bond motifs is 1. The fourth-order valence-electron chi connectivity index (χ4n) is 3.92. The highest BCUT2D eigenvalue weighted by Gasteiger charge is 2.31. The Morgan fingerprint density at radius 2 is 1.79 bits per heavy atom. The number of nitrogens with zero attached hydrogens (tertiary/aromatic N) is 3. The fraction of sp³-hybridized carbons (Fsp3) is 0.250. The zero-order valence-corrected chi connectivity index (χ0v) is 21.0. The Labute approximate surface area is 222 Å². The smallest absolute Gasteiger partial charge is 0.411 e. The SMILES string of the molecule is CO/N=C(\c1ccccc1)c1ccc2ccn(CCOc3ccc(C[C@H](OCC(F)(F)F)C(=O)O)cc3)c2n1. The summed E-state index contributed by atoms with van der Waals surface area (Å²) in [6, 6.07) is 21.9. The number of benzene rings is 2. The first kappa shape index (κ1) is 27.6. The number of carboxylic acids is 1. The van der Waals surface area contributed by atoms with E-state index in [1.807, 2.05) is 59.3 Å². The van der Waals surface area contributed by atoms with E-state index in [0.29, 0.717) is 35.9 Å². The van der Waals surface area contributed by atoms with Crippen molar-refractivity contribution in [2.45, 2.75) is 25.2 Å². The number of aromatic nitrogens is 2. The number of halogens is 3. The lowest BCUT2D eigenvalue weighted by molar-refractivity contribution is -0.192. The minimum Gasteiger partial charge on any atom is -0.492 e. The minimum absolute atomic E-state index is 0.202. The number of oxime groups is 1. The molecule has 1 N–H and O–H groups in total. The van der Waals surface area contributed by atoms with Crippen molar-refractivity contribution in [2.24, 2.45) is 5.16 Å². The summed E-state index contributed by atoms with van der Waals surface area (Å²) in [5.41, 5.74) is 3.41. The van der Waals surface area contributed by atoms with Gasteiger partial charge in [0.1, 0.15) is 37.4 Å². The molecule has 2 aromatic carbocycles. The summed E-state index contributed by atoms with van der Waals surface area (Å²) in [5.74, 6) is -0.926. The molecule has 0 aliphatic rings. The maximum Gasteiger partial charge on any atom is 0.411 e. The number of ether oxygens (including phenoxy) is 2. The van der Waals surface area contributed by atoms with E-state index in [2.05, 4.69) is 9.89 Å². The Hall–Kier alpha value is -4.38. The first-order chi connectivity index (χ1) is 18.7. The molecule has 0 saturated carbocycles. The number of hydrogen-bond acceptors (Lipinski definition) is 6. The molecule has 1 atom stereocenters. The molecule has 0 saturated heterocycles. The van der Waals surface area contributed by atoms with Crippen molar-refractivity contribution < 1.29 is 37.4 Å². The fourth-order valence-corrected chi connectivity index (χ4v) is 3.92. The van der Waals surface area contributed by atoms with Crippen molar-refractivity contribution in [3.63, 3.8) is 0 Å². The summed E-state index contributed by atoms with van der Waals surface area (Å²) in [7, 11) is 1.49. The van der Waals surface area contributed by atoms with Crippen LogP contribution in [0.5, 0.6) is 5.75 Å². The molecule has 4 rings (SSSR count). The average Bonchev–Trinajstić information content (AvgIpc) is 3.32. The number of pyridine rings is 1. The molecule has 0 bridgehead atoms. The van der Waals surface area contributed by atoms with Crippen molar-refractivity contribution in [2.75, 3.05) is 20.3 Å². The van der Waals surface area contributed by atoms with E-state index < -0.39 is 24.9 Å². The van der Waals surface area contributed by atoms with E-state index in [0.717, 1.165) is 16.6 Å². The molecule has 0 radical (unpaired) electrons. The maximum absolute atomic E-state index is 12.4. The van der Waals surface area contributed by atoms with E-state index in [1.165, 1.54) is 7.11 Å². The van der Waals surface area contributed by atoms with Crippen LogP contribution < -0.4 is 4.74 Å². The lowest BCUT2D eigenvalue weighted by atomic mass is 10.1. The Balaban J connectivity index is 1.39. The predicted molar refractivity (Wildman–Crippen MR) is 138 cm³/mol. The van der Waals surface area contributed by atoms with Crippen molar-refractivity contribution in [1.29, 1.82) is 0 Å². The summed E-state index contributed by atoms with van der Waals surface area (Å²) in [4.78, 5) is 21.1. The molecule has 2 aromatic heterocycles. The molecular weight excluding hydrogens is 515 g/mol. The van der Waals surface area contributed by atoms with Crippen molar-refractivity contribution in [3.05, 3.63) is 95.8 Å². The predicted octanol–water partition coefficient (Wildman–Crippen LogP) is 5.09. The Kier molecular flexibility index (Phi) is 8.82. The summed E-state index contributed by atoms with van der Waals surface area (Å²) >= 11 is 0. The van der Waals surface area contributed by atoms with Crippen LogP contribution in [0.25, 0.3) is 11.0 Å². The lowest BCUT2D eigenvalue weighted by Gasteiger charge is -2.15. The van der Waals surface area contributed by atoms with Crippen LogP contribution in [-0.4, -0.2) is 58.9 Å². The van der Waals surface area contributed by atoms with Gasteiger partial charge in [-0.25, -0.2) is 9.78 Å². The van der Waals surface area contributed by atoms with Crippen LogP contribution in [0.3, 0.4) is 0 Å². The first-order valence-electron chi connectivity index (χ1n) is 12.0. The highest BCUT2D eigenvalue weighted by atomic mass is 19.4. The van der Waals surface area contributed by atoms with Crippen LogP contribution in [0.1, 0.15) is 16.8 Å². The summed E-state index contributed by atoms with van der Waals surface area (Å²) in [6.45, 7) is -0.808. The van der Waals surface area contributed by atoms with E-state index in [9.17, 15) is 18.0 Å². The summed E-state index contributed by atoms with van der Waals surface area (Å²) in [6.07, 6.45) is -4.49. The van der Waals surface area contributed by atoms with Gasteiger partial charge in [0.15, 0.2) is 6.10 Å². The van der Waals surface area contributed by atoms with Crippen LogP contribution in [0.15, 0.2) is 84.1 Å². The third-order valence-electron chi connectivity index (χ3n) is 5.75. The Morgan fingerprint density at radius 1 is 1.05 bits per heavy atom. The number of carbonyl (C=O) groups is 1. The monoisotopic (exact) mass is 541 g/mol. The van der Waals surface area contributed by atoms with E-state index >= 15 is 0 Å². The van der Waals surface area contributed by atoms with Crippen LogP contribution in [0.2, 0.25) is 0 Å². The highest BCUT2D eigenvalue weighted by molar-refractivity contribution is 6.12. The van der Waals surface area contributed by atoms with Gasteiger partial charge < -0.3 is 24.0 Å². The van der Waals surface area contributed by atoms with Gasteiger partial charge in [-0.05, 0) is 35.9 Å². The number of rotatable bonds is 12. The third kappa shape index (κ3) is 7.57.